The molecular weight excluding hydrogens is 194 g/mol. The molecule has 1 aliphatic rings. The van der Waals surface area contributed by atoms with E-state index in [9.17, 15) is 0 Å². The van der Waals surface area contributed by atoms with Crippen molar-refractivity contribution < 1.29 is 4.74 Å². The minimum absolute atomic E-state index is 0.409. The number of ether oxygens (including phenoxy) is 1. The Morgan fingerprint density at radius 1 is 1.60 bits per heavy atom. The summed E-state index contributed by atoms with van der Waals surface area (Å²) in [5, 5.41) is 9.49. The van der Waals surface area contributed by atoms with Crippen LogP contribution in [-0.2, 0) is 4.74 Å². The third kappa shape index (κ3) is 1.50. The zero-order valence-electron chi connectivity index (χ0n) is 5.77. The summed E-state index contributed by atoms with van der Waals surface area (Å²) >= 11 is 3.25. The van der Waals surface area contributed by atoms with Gasteiger partial charge < -0.3 is 4.74 Å². The van der Waals surface area contributed by atoms with Crippen molar-refractivity contribution in [1.29, 1.82) is 5.26 Å². The summed E-state index contributed by atoms with van der Waals surface area (Å²) in [6.07, 6.45) is 2.96. The first kappa shape index (κ1) is 8.03. The number of rotatable bonds is 3. The second kappa shape index (κ2) is 3.36. The van der Waals surface area contributed by atoms with E-state index in [-0.39, 0.29) is 0 Å². The fraction of sp³-hybridized carbons (Fsp3) is 0.857. The largest absolute Gasteiger partial charge is 0.359 e. The lowest BCUT2D eigenvalue weighted by molar-refractivity contribution is -0.0482. The molecule has 0 aromatic rings. The average Bonchev–Trinajstić information content (AvgIpc) is 1.87. The number of halogens is 1. The van der Waals surface area contributed by atoms with Crippen LogP contribution in [0.1, 0.15) is 19.3 Å². The van der Waals surface area contributed by atoms with Gasteiger partial charge in [0.25, 0.3) is 0 Å². The molecule has 0 aromatic heterocycles. The van der Waals surface area contributed by atoms with Crippen LogP contribution in [0.2, 0.25) is 0 Å². The lowest BCUT2D eigenvalue weighted by Gasteiger charge is -2.34. The van der Waals surface area contributed by atoms with Crippen molar-refractivity contribution >= 4 is 15.9 Å². The van der Waals surface area contributed by atoms with E-state index in [1.807, 2.05) is 0 Å². The second-order valence-electron chi connectivity index (χ2n) is 2.50. The van der Waals surface area contributed by atoms with Gasteiger partial charge in [0.05, 0.1) is 12.7 Å². The number of nitriles is 1. The van der Waals surface area contributed by atoms with Crippen molar-refractivity contribution in [3.63, 3.8) is 0 Å². The van der Waals surface area contributed by atoms with Crippen LogP contribution in [0.15, 0.2) is 0 Å². The van der Waals surface area contributed by atoms with Gasteiger partial charge in [0.2, 0.25) is 0 Å². The Morgan fingerprint density at radius 3 is 2.60 bits per heavy atom. The van der Waals surface area contributed by atoms with E-state index in [1.165, 1.54) is 0 Å². The molecule has 1 saturated carbocycles. The molecule has 0 aliphatic heterocycles. The second-order valence-corrected chi connectivity index (χ2v) is 3.29. The van der Waals surface area contributed by atoms with Crippen molar-refractivity contribution in [3.8, 4) is 6.07 Å². The lowest BCUT2D eigenvalue weighted by Crippen LogP contribution is -2.38. The van der Waals surface area contributed by atoms with Gasteiger partial charge in [0.15, 0.2) is 5.60 Å². The van der Waals surface area contributed by atoms with E-state index in [0.29, 0.717) is 6.61 Å². The van der Waals surface area contributed by atoms with E-state index in [0.717, 1.165) is 24.6 Å². The van der Waals surface area contributed by atoms with Crippen LogP contribution in [0.4, 0.5) is 0 Å². The smallest absolute Gasteiger partial charge is 0.154 e. The third-order valence-corrected chi connectivity index (χ3v) is 2.14. The van der Waals surface area contributed by atoms with Crippen LogP contribution in [0.25, 0.3) is 0 Å². The maximum absolute atomic E-state index is 8.67. The van der Waals surface area contributed by atoms with Gasteiger partial charge >= 0.3 is 0 Å². The molecule has 0 radical (unpaired) electrons. The van der Waals surface area contributed by atoms with Crippen LogP contribution >= 0.6 is 15.9 Å². The molecule has 0 saturated heterocycles. The average molecular weight is 204 g/mol. The van der Waals surface area contributed by atoms with Crippen LogP contribution in [0.3, 0.4) is 0 Å². The maximum atomic E-state index is 8.67. The Hall–Kier alpha value is -0.0700. The summed E-state index contributed by atoms with van der Waals surface area (Å²) in [6, 6.07) is 2.21. The minimum Gasteiger partial charge on any atom is -0.359 e. The SMILES string of the molecule is N#CC1(OCCBr)CCC1. The lowest BCUT2D eigenvalue weighted by atomic mass is 9.81. The number of alkyl halides is 1. The molecule has 0 heterocycles. The zero-order valence-corrected chi connectivity index (χ0v) is 7.35. The summed E-state index contributed by atoms with van der Waals surface area (Å²) in [6.45, 7) is 0.646. The Balaban J connectivity index is 2.29. The molecule has 0 spiro atoms. The molecule has 1 rings (SSSR count). The molecular formula is C7H10BrNO. The van der Waals surface area contributed by atoms with Crippen LogP contribution in [0.5, 0.6) is 0 Å². The van der Waals surface area contributed by atoms with Gasteiger partial charge in [-0.1, -0.05) is 15.9 Å². The van der Waals surface area contributed by atoms with Gasteiger partial charge in [0, 0.05) is 5.33 Å². The van der Waals surface area contributed by atoms with Gasteiger partial charge in [-0.15, -0.1) is 0 Å². The molecule has 3 heteroatoms. The number of nitrogens with zero attached hydrogens (tertiary/aromatic N) is 1. The topological polar surface area (TPSA) is 33.0 Å². The summed E-state index contributed by atoms with van der Waals surface area (Å²) in [7, 11) is 0. The molecule has 1 aliphatic carbocycles. The Bertz CT molecular complexity index is 148. The minimum atomic E-state index is -0.409. The van der Waals surface area contributed by atoms with Gasteiger partial charge in [-0.05, 0) is 19.3 Å². The Labute approximate surface area is 69.3 Å². The number of hydrogen-bond donors (Lipinski definition) is 0. The highest BCUT2D eigenvalue weighted by Gasteiger charge is 2.37. The third-order valence-electron chi connectivity index (χ3n) is 1.82. The first-order valence-corrected chi connectivity index (χ1v) is 4.56. The fourth-order valence-electron chi connectivity index (χ4n) is 1.02. The highest BCUT2D eigenvalue weighted by atomic mass is 79.9. The normalized spacial score (nSPS) is 21.2. The van der Waals surface area contributed by atoms with Crippen LogP contribution in [-0.4, -0.2) is 17.5 Å². The van der Waals surface area contributed by atoms with E-state index >= 15 is 0 Å². The summed E-state index contributed by atoms with van der Waals surface area (Å²) in [4.78, 5) is 0. The van der Waals surface area contributed by atoms with Crippen molar-refractivity contribution in [3.05, 3.63) is 0 Å². The molecule has 0 bridgehead atoms. The quantitative estimate of drug-likeness (QED) is 0.657. The van der Waals surface area contributed by atoms with E-state index in [1.54, 1.807) is 0 Å². The molecule has 0 amide bonds. The predicted molar refractivity (Wildman–Crippen MR) is 41.9 cm³/mol. The summed E-state index contributed by atoms with van der Waals surface area (Å²) in [5.41, 5.74) is -0.409. The van der Waals surface area contributed by atoms with Gasteiger partial charge in [-0.25, -0.2) is 0 Å². The summed E-state index contributed by atoms with van der Waals surface area (Å²) < 4.78 is 5.36. The predicted octanol–water partition coefficient (Wildman–Crippen LogP) is 1.84. The van der Waals surface area contributed by atoms with E-state index in [2.05, 4.69) is 22.0 Å². The van der Waals surface area contributed by atoms with Crippen molar-refractivity contribution in [2.45, 2.75) is 24.9 Å². The molecule has 56 valence electrons. The van der Waals surface area contributed by atoms with Gasteiger partial charge in [0.1, 0.15) is 0 Å². The molecule has 1 fully saturated rings. The van der Waals surface area contributed by atoms with Crippen LogP contribution < -0.4 is 0 Å². The molecule has 10 heavy (non-hydrogen) atoms. The molecule has 0 unspecified atom stereocenters. The molecule has 0 atom stereocenters. The van der Waals surface area contributed by atoms with Crippen molar-refractivity contribution in [2.75, 3.05) is 11.9 Å². The monoisotopic (exact) mass is 203 g/mol. The Kier molecular flexibility index (Phi) is 2.70. The van der Waals surface area contributed by atoms with Crippen LogP contribution in [0, 0.1) is 11.3 Å². The fourth-order valence-corrected chi connectivity index (χ4v) is 1.18. The van der Waals surface area contributed by atoms with E-state index < -0.39 is 5.60 Å². The van der Waals surface area contributed by atoms with Gasteiger partial charge in [-0.3, -0.25) is 0 Å². The molecule has 0 aromatic carbocycles. The number of hydrogen-bond acceptors (Lipinski definition) is 2. The highest BCUT2D eigenvalue weighted by Crippen LogP contribution is 2.34. The zero-order chi connectivity index (χ0) is 7.45. The van der Waals surface area contributed by atoms with Crippen molar-refractivity contribution in [1.82, 2.24) is 0 Å². The molecule has 2 nitrogen and oxygen atoms in total. The van der Waals surface area contributed by atoms with Crippen molar-refractivity contribution in [2.24, 2.45) is 0 Å². The first-order chi connectivity index (χ1) is 4.83. The Morgan fingerprint density at radius 2 is 2.30 bits per heavy atom. The summed E-state index contributed by atoms with van der Waals surface area (Å²) in [5.74, 6) is 0. The highest BCUT2D eigenvalue weighted by molar-refractivity contribution is 9.09. The van der Waals surface area contributed by atoms with Gasteiger partial charge in [-0.2, -0.15) is 5.26 Å². The van der Waals surface area contributed by atoms with E-state index in [4.69, 9.17) is 10.00 Å². The standard InChI is InChI=1S/C7H10BrNO/c8-4-5-10-7(6-9)2-1-3-7/h1-5H2. The maximum Gasteiger partial charge on any atom is 0.154 e. The first-order valence-electron chi connectivity index (χ1n) is 3.44. The molecule has 0 N–H and O–H groups in total.